The second-order valence-electron chi connectivity index (χ2n) is 4.77. The summed E-state index contributed by atoms with van der Waals surface area (Å²) >= 11 is 7.36. The van der Waals surface area contributed by atoms with Crippen molar-refractivity contribution in [2.75, 3.05) is 0 Å². The summed E-state index contributed by atoms with van der Waals surface area (Å²) in [6.45, 7) is 3.82. The molecule has 0 aliphatic heterocycles. The van der Waals surface area contributed by atoms with E-state index in [1.807, 2.05) is 37.6 Å². The third-order valence-electron chi connectivity index (χ3n) is 3.34. The summed E-state index contributed by atoms with van der Waals surface area (Å²) in [5.74, 6) is -1.30. The molecular formula is C15H17ClN2O2S. The molecule has 1 unspecified atom stereocenters. The summed E-state index contributed by atoms with van der Waals surface area (Å²) in [4.78, 5) is 17.7. The molecule has 1 aromatic heterocycles. The van der Waals surface area contributed by atoms with Gasteiger partial charge in [0.05, 0.1) is 11.6 Å². The van der Waals surface area contributed by atoms with Gasteiger partial charge in [0.15, 0.2) is 4.80 Å². The van der Waals surface area contributed by atoms with Crippen molar-refractivity contribution in [3.8, 4) is 0 Å². The van der Waals surface area contributed by atoms with Crippen LogP contribution in [0.15, 0.2) is 29.3 Å². The molecule has 1 N–H and O–H groups in total. The third-order valence-corrected chi connectivity index (χ3v) is 4.66. The van der Waals surface area contributed by atoms with Crippen LogP contribution in [0.1, 0.15) is 29.8 Å². The maximum absolute atomic E-state index is 11.4. The zero-order chi connectivity index (χ0) is 15.6. The lowest BCUT2D eigenvalue weighted by atomic mass is 10.0. The molecule has 0 saturated carbocycles. The fourth-order valence-corrected chi connectivity index (χ4v) is 3.45. The maximum atomic E-state index is 11.4. The zero-order valence-electron chi connectivity index (χ0n) is 12.1. The molecule has 0 fully saturated rings. The van der Waals surface area contributed by atoms with E-state index in [4.69, 9.17) is 11.6 Å². The predicted molar refractivity (Wildman–Crippen MR) is 85.4 cm³/mol. The Morgan fingerprint density at radius 2 is 2.05 bits per heavy atom. The lowest BCUT2D eigenvalue weighted by Gasteiger charge is -2.11. The van der Waals surface area contributed by atoms with Gasteiger partial charge in [-0.05, 0) is 37.6 Å². The SMILES string of the molecule is CCC(C(=O)O)c1c(C)s/c(=N/c2ccc(Cl)cc2)n1C. The Balaban J connectivity index is 2.52. The fraction of sp³-hybridized carbons (Fsp3) is 0.333. The monoisotopic (exact) mass is 324 g/mol. The first-order valence-corrected chi connectivity index (χ1v) is 7.83. The van der Waals surface area contributed by atoms with Gasteiger partial charge >= 0.3 is 5.97 Å². The number of aliphatic carboxylic acids is 1. The smallest absolute Gasteiger partial charge is 0.312 e. The van der Waals surface area contributed by atoms with Crippen LogP contribution in [0.2, 0.25) is 5.02 Å². The molecule has 21 heavy (non-hydrogen) atoms. The van der Waals surface area contributed by atoms with Crippen LogP contribution >= 0.6 is 22.9 Å². The lowest BCUT2D eigenvalue weighted by Crippen LogP contribution is -2.20. The van der Waals surface area contributed by atoms with Gasteiger partial charge in [0.2, 0.25) is 0 Å². The second-order valence-corrected chi connectivity index (χ2v) is 6.39. The summed E-state index contributed by atoms with van der Waals surface area (Å²) < 4.78 is 1.87. The van der Waals surface area contributed by atoms with Gasteiger partial charge in [-0.1, -0.05) is 18.5 Å². The molecule has 2 aromatic rings. The van der Waals surface area contributed by atoms with Crippen LogP contribution < -0.4 is 4.80 Å². The standard InChI is InChI=1S/C15H17ClN2O2S/c1-4-12(14(19)20)13-9(2)21-15(18(13)3)17-11-7-5-10(16)6-8-11/h5-8,12H,4H2,1-3H3,(H,19,20)/b17-15+. The first-order valence-electron chi connectivity index (χ1n) is 6.63. The van der Waals surface area contributed by atoms with Gasteiger partial charge in [-0.15, -0.1) is 11.3 Å². The highest BCUT2D eigenvalue weighted by Crippen LogP contribution is 2.25. The number of hydrogen-bond donors (Lipinski definition) is 1. The Morgan fingerprint density at radius 1 is 1.43 bits per heavy atom. The van der Waals surface area contributed by atoms with Crippen LogP contribution in [0.4, 0.5) is 5.69 Å². The van der Waals surface area contributed by atoms with Gasteiger partial charge in [-0.2, -0.15) is 0 Å². The van der Waals surface area contributed by atoms with Crippen molar-refractivity contribution in [2.24, 2.45) is 12.0 Å². The molecule has 1 heterocycles. The Labute approximate surface area is 132 Å². The molecule has 0 aliphatic rings. The molecule has 0 bridgehead atoms. The quantitative estimate of drug-likeness (QED) is 0.928. The number of nitrogens with zero attached hydrogens (tertiary/aromatic N) is 2. The number of carbonyl (C=O) groups is 1. The molecule has 112 valence electrons. The molecule has 6 heteroatoms. The number of aromatic nitrogens is 1. The summed E-state index contributed by atoms with van der Waals surface area (Å²) in [5.41, 5.74) is 1.62. The van der Waals surface area contributed by atoms with E-state index in [-0.39, 0.29) is 0 Å². The molecule has 1 aromatic carbocycles. The first kappa shape index (κ1) is 15.8. The number of carboxylic acid groups (broad SMARTS) is 1. The van der Waals surface area contributed by atoms with Crippen molar-refractivity contribution in [3.63, 3.8) is 0 Å². The molecule has 1 atom stereocenters. The molecule has 0 spiro atoms. The van der Waals surface area contributed by atoms with Gasteiger partial charge in [-0.25, -0.2) is 4.99 Å². The average molecular weight is 325 g/mol. The van der Waals surface area contributed by atoms with Crippen LogP contribution in [-0.2, 0) is 11.8 Å². The fourth-order valence-electron chi connectivity index (χ4n) is 2.28. The number of halogens is 1. The van der Waals surface area contributed by atoms with E-state index < -0.39 is 11.9 Å². The van der Waals surface area contributed by atoms with Gasteiger partial charge in [0.1, 0.15) is 0 Å². The molecule has 0 saturated heterocycles. The lowest BCUT2D eigenvalue weighted by molar-refractivity contribution is -0.139. The third kappa shape index (κ3) is 3.36. The molecular weight excluding hydrogens is 308 g/mol. The maximum Gasteiger partial charge on any atom is 0.312 e. The number of aryl methyl sites for hydroxylation is 1. The van der Waals surface area contributed by atoms with Gasteiger partial charge in [0, 0.05) is 22.6 Å². The van der Waals surface area contributed by atoms with Crippen LogP contribution in [-0.4, -0.2) is 15.6 Å². The predicted octanol–water partition coefficient (Wildman–Crippen LogP) is 3.86. The molecule has 0 radical (unpaired) electrons. The minimum atomic E-state index is -0.799. The Bertz CT molecular complexity index is 716. The Hall–Kier alpha value is -1.59. The molecule has 2 rings (SSSR count). The summed E-state index contributed by atoms with van der Waals surface area (Å²) in [5, 5.41) is 10.0. The number of benzene rings is 1. The molecule has 4 nitrogen and oxygen atoms in total. The normalized spacial score (nSPS) is 13.4. The van der Waals surface area contributed by atoms with E-state index in [0.29, 0.717) is 11.4 Å². The van der Waals surface area contributed by atoms with Gasteiger partial charge < -0.3 is 9.67 Å². The zero-order valence-corrected chi connectivity index (χ0v) is 13.7. The Kier molecular flexibility index (Phi) is 4.85. The largest absolute Gasteiger partial charge is 0.481 e. The number of carboxylic acids is 1. The van der Waals surface area contributed by atoms with Crippen molar-refractivity contribution in [1.82, 2.24) is 4.57 Å². The van der Waals surface area contributed by atoms with E-state index in [2.05, 4.69) is 4.99 Å². The van der Waals surface area contributed by atoms with E-state index in [9.17, 15) is 9.90 Å². The number of thiazole rings is 1. The van der Waals surface area contributed by atoms with Crippen LogP contribution in [0.5, 0.6) is 0 Å². The molecule has 0 amide bonds. The van der Waals surface area contributed by atoms with Gasteiger partial charge in [-0.3, -0.25) is 4.79 Å². The summed E-state index contributed by atoms with van der Waals surface area (Å²) in [6.07, 6.45) is 0.557. The topological polar surface area (TPSA) is 54.6 Å². The summed E-state index contributed by atoms with van der Waals surface area (Å²) in [6, 6.07) is 7.25. The average Bonchev–Trinajstić information content (AvgIpc) is 2.70. The van der Waals surface area contributed by atoms with Crippen LogP contribution in [0, 0.1) is 6.92 Å². The van der Waals surface area contributed by atoms with E-state index in [0.717, 1.165) is 21.1 Å². The highest BCUT2D eigenvalue weighted by molar-refractivity contribution is 7.09. The van der Waals surface area contributed by atoms with Crippen molar-refractivity contribution in [2.45, 2.75) is 26.2 Å². The number of rotatable bonds is 4. The van der Waals surface area contributed by atoms with E-state index in [1.54, 1.807) is 12.1 Å². The minimum Gasteiger partial charge on any atom is -0.481 e. The van der Waals surface area contributed by atoms with Crippen molar-refractivity contribution >= 4 is 34.6 Å². The Morgan fingerprint density at radius 3 is 2.57 bits per heavy atom. The summed E-state index contributed by atoms with van der Waals surface area (Å²) in [7, 11) is 1.86. The van der Waals surface area contributed by atoms with E-state index >= 15 is 0 Å². The van der Waals surface area contributed by atoms with Crippen LogP contribution in [0.25, 0.3) is 0 Å². The molecule has 0 aliphatic carbocycles. The second kappa shape index (κ2) is 6.45. The number of hydrogen-bond acceptors (Lipinski definition) is 3. The van der Waals surface area contributed by atoms with Gasteiger partial charge in [0.25, 0.3) is 0 Å². The highest BCUT2D eigenvalue weighted by Gasteiger charge is 2.23. The first-order chi connectivity index (χ1) is 9.93. The van der Waals surface area contributed by atoms with Crippen molar-refractivity contribution in [1.29, 1.82) is 0 Å². The van der Waals surface area contributed by atoms with Crippen molar-refractivity contribution < 1.29 is 9.90 Å². The van der Waals surface area contributed by atoms with E-state index in [1.165, 1.54) is 11.3 Å². The highest BCUT2D eigenvalue weighted by atomic mass is 35.5. The van der Waals surface area contributed by atoms with Crippen LogP contribution in [0.3, 0.4) is 0 Å². The minimum absolute atomic E-state index is 0.500. The van der Waals surface area contributed by atoms with Crippen molar-refractivity contribution in [3.05, 3.63) is 44.7 Å².